The number of halogens is 1. The average molecular weight is 539 g/mol. The third kappa shape index (κ3) is 5.20. The van der Waals surface area contributed by atoms with Crippen molar-refractivity contribution in [3.05, 3.63) is 67.3 Å². The van der Waals surface area contributed by atoms with Crippen LogP contribution >= 0.6 is 22.9 Å². The van der Waals surface area contributed by atoms with Gasteiger partial charge in [0, 0.05) is 10.4 Å². The summed E-state index contributed by atoms with van der Waals surface area (Å²) in [5, 5.41) is 1.11. The molecule has 0 saturated heterocycles. The van der Waals surface area contributed by atoms with E-state index in [-0.39, 0.29) is 5.56 Å². The smallest absolute Gasteiger partial charge is 0.260 e. The summed E-state index contributed by atoms with van der Waals surface area (Å²) in [6.07, 6.45) is 4.23. The van der Waals surface area contributed by atoms with E-state index in [2.05, 4.69) is 31.0 Å². The number of hydrogen-bond acceptors (Lipinski definition) is 6. The van der Waals surface area contributed by atoms with Crippen molar-refractivity contribution in [2.24, 2.45) is 0 Å². The van der Waals surface area contributed by atoms with Gasteiger partial charge < -0.3 is 19.2 Å². The number of hydrogen-bond donors (Lipinski definition) is 1. The maximum atomic E-state index is 13.0. The SMILES string of the molecule is COc1cc(-c2nc3sc4c(c3c(=O)[nH]2)CCCC4)cc(Cl)c1OCCOc1cc(C)ccc1C(C)C. The number of thiophene rings is 1. The van der Waals surface area contributed by atoms with Crippen LogP contribution in [0.3, 0.4) is 0 Å². The molecule has 0 spiro atoms. The lowest BCUT2D eigenvalue weighted by Crippen LogP contribution is -2.12. The van der Waals surface area contributed by atoms with Crippen molar-refractivity contribution in [3.8, 4) is 28.6 Å². The molecular formula is C29H31ClN2O4S. The van der Waals surface area contributed by atoms with Crippen LogP contribution in [0.1, 0.15) is 54.2 Å². The second-order valence-corrected chi connectivity index (χ2v) is 11.2. The van der Waals surface area contributed by atoms with Crippen LogP contribution in [0.2, 0.25) is 5.02 Å². The maximum absolute atomic E-state index is 13.0. The third-order valence-electron chi connectivity index (χ3n) is 6.71. The molecule has 2 aromatic heterocycles. The second-order valence-electron chi connectivity index (χ2n) is 9.69. The Balaban J connectivity index is 1.35. The van der Waals surface area contributed by atoms with Gasteiger partial charge in [-0.15, -0.1) is 11.3 Å². The Morgan fingerprint density at radius 3 is 2.65 bits per heavy atom. The van der Waals surface area contributed by atoms with E-state index in [9.17, 15) is 4.79 Å². The first-order valence-corrected chi connectivity index (χ1v) is 13.8. The van der Waals surface area contributed by atoms with Crippen LogP contribution in [0.15, 0.2) is 35.1 Å². The van der Waals surface area contributed by atoms with Crippen molar-refractivity contribution in [2.45, 2.75) is 52.4 Å². The van der Waals surface area contributed by atoms with Gasteiger partial charge in [0.1, 0.15) is 29.6 Å². The van der Waals surface area contributed by atoms with Gasteiger partial charge in [0.05, 0.1) is 17.5 Å². The molecule has 0 radical (unpaired) electrons. The summed E-state index contributed by atoms with van der Waals surface area (Å²) in [6.45, 7) is 6.99. The van der Waals surface area contributed by atoms with E-state index in [1.807, 2.05) is 13.0 Å². The quantitative estimate of drug-likeness (QED) is 0.243. The molecule has 0 saturated carbocycles. The van der Waals surface area contributed by atoms with E-state index in [0.29, 0.717) is 47.0 Å². The molecule has 0 fully saturated rings. The highest BCUT2D eigenvalue weighted by atomic mass is 35.5. The van der Waals surface area contributed by atoms with Crippen LogP contribution in [-0.2, 0) is 12.8 Å². The minimum Gasteiger partial charge on any atom is -0.493 e. The van der Waals surface area contributed by atoms with Gasteiger partial charge >= 0.3 is 0 Å². The van der Waals surface area contributed by atoms with Gasteiger partial charge in [-0.25, -0.2) is 4.98 Å². The summed E-state index contributed by atoms with van der Waals surface area (Å²) in [6, 6.07) is 9.78. The average Bonchev–Trinajstić information content (AvgIpc) is 3.26. The molecule has 2 heterocycles. The van der Waals surface area contributed by atoms with Crippen LogP contribution in [0.4, 0.5) is 0 Å². The fourth-order valence-electron chi connectivity index (χ4n) is 4.84. The van der Waals surface area contributed by atoms with Crippen LogP contribution in [0.5, 0.6) is 17.2 Å². The summed E-state index contributed by atoms with van der Waals surface area (Å²) in [5.41, 5.74) is 4.03. The Labute approximate surface area is 225 Å². The number of nitrogens with one attached hydrogen (secondary N) is 1. The fourth-order valence-corrected chi connectivity index (χ4v) is 6.36. The van der Waals surface area contributed by atoms with E-state index in [1.54, 1.807) is 30.6 Å². The number of aryl methyl sites for hydroxylation is 3. The highest BCUT2D eigenvalue weighted by molar-refractivity contribution is 7.18. The molecule has 8 heteroatoms. The van der Waals surface area contributed by atoms with Gasteiger partial charge in [-0.2, -0.15) is 0 Å². The van der Waals surface area contributed by atoms with Crippen LogP contribution < -0.4 is 19.8 Å². The second kappa shape index (κ2) is 10.8. The highest BCUT2D eigenvalue weighted by Crippen LogP contribution is 2.40. The lowest BCUT2D eigenvalue weighted by atomic mass is 9.97. The largest absolute Gasteiger partial charge is 0.493 e. The monoisotopic (exact) mass is 538 g/mol. The van der Waals surface area contributed by atoms with E-state index >= 15 is 0 Å². The highest BCUT2D eigenvalue weighted by Gasteiger charge is 2.21. The van der Waals surface area contributed by atoms with E-state index in [4.69, 9.17) is 30.8 Å². The lowest BCUT2D eigenvalue weighted by Gasteiger charge is -2.17. The normalized spacial score (nSPS) is 13.1. The Morgan fingerprint density at radius 2 is 1.86 bits per heavy atom. The molecule has 1 aliphatic rings. The lowest BCUT2D eigenvalue weighted by molar-refractivity contribution is 0.210. The molecule has 1 N–H and O–H groups in total. The predicted molar refractivity (Wildman–Crippen MR) is 150 cm³/mol. The van der Waals surface area contributed by atoms with Gasteiger partial charge in [-0.3, -0.25) is 4.79 Å². The molecule has 2 aromatic carbocycles. The van der Waals surface area contributed by atoms with Crippen LogP contribution in [-0.4, -0.2) is 30.3 Å². The summed E-state index contributed by atoms with van der Waals surface area (Å²) in [4.78, 5) is 22.8. The van der Waals surface area contributed by atoms with Crippen LogP contribution in [0, 0.1) is 6.92 Å². The zero-order chi connectivity index (χ0) is 26.1. The molecule has 5 rings (SSSR count). The molecule has 0 amide bonds. The van der Waals surface area contributed by atoms with Crippen LogP contribution in [0.25, 0.3) is 21.6 Å². The minimum absolute atomic E-state index is 0.108. The third-order valence-corrected chi connectivity index (χ3v) is 8.17. The number of nitrogens with zero attached hydrogens (tertiary/aromatic N) is 1. The molecule has 6 nitrogen and oxygen atoms in total. The van der Waals surface area contributed by atoms with Gasteiger partial charge in [0.2, 0.25) is 0 Å². The summed E-state index contributed by atoms with van der Waals surface area (Å²) >= 11 is 8.25. The topological polar surface area (TPSA) is 73.4 Å². The van der Waals surface area contributed by atoms with Crippen molar-refractivity contribution < 1.29 is 14.2 Å². The minimum atomic E-state index is -0.108. The summed E-state index contributed by atoms with van der Waals surface area (Å²) < 4.78 is 17.6. The Morgan fingerprint density at radius 1 is 1.08 bits per heavy atom. The molecular weight excluding hydrogens is 508 g/mol. The first-order chi connectivity index (χ1) is 17.9. The Bertz CT molecular complexity index is 1510. The summed E-state index contributed by atoms with van der Waals surface area (Å²) in [7, 11) is 1.56. The van der Waals surface area contributed by atoms with Crippen molar-refractivity contribution in [1.82, 2.24) is 9.97 Å². The standard InChI is InChI=1S/C29H31ClN2O4S/c1-16(2)19-10-9-17(3)13-22(19)35-11-12-36-26-21(30)14-18(15-23(26)34-4)27-31-28(33)25-20-7-5-6-8-24(20)37-29(25)32-27/h9-10,13-16H,5-8,11-12H2,1-4H3,(H,31,32,33). The van der Waals surface area contributed by atoms with E-state index < -0.39 is 0 Å². The van der Waals surface area contributed by atoms with Crippen molar-refractivity contribution in [2.75, 3.05) is 20.3 Å². The maximum Gasteiger partial charge on any atom is 0.260 e. The first kappa shape index (κ1) is 25.6. The number of fused-ring (bicyclic) bond motifs is 3. The zero-order valence-corrected chi connectivity index (χ0v) is 23.1. The Kier molecular flexibility index (Phi) is 7.45. The number of methoxy groups -OCH3 is 1. The Hall–Kier alpha value is -3.03. The molecule has 194 valence electrons. The molecule has 4 aromatic rings. The van der Waals surface area contributed by atoms with Gasteiger partial charge in [-0.1, -0.05) is 37.6 Å². The first-order valence-electron chi connectivity index (χ1n) is 12.6. The molecule has 0 bridgehead atoms. The number of rotatable bonds is 8. The molecule has 0 unspecified atom stereocenters. The van der Waals surface area contributed by atoms with Gasteiger partial charge in [0.15, 0.2) is 11.5 Å². The van der Waals surface area contributed by atoms with Crippen molar-refractivity contribution in [3.63, 3.8) is 0 Å². The van der Waals surface area contributed by atoms with Crippen molar-refractivity contribution >= 4 is 33.2 Å². The molecule has 0 aliphatic heterocycles. The fraction of sp³-hybridized carbons (Fsp3) is 0.379. The van der Waals surface area contributed by atoms with Crippen molar-refractivity contribution in [1.29, 1.82) is 0 Å². The van der Waals surface area contributed by atoms with E-state index in [0.717, 1.165) is 52.8 Å². The predicted octanol–water partition coefficient (Wildman–Crippen LogP) is 7.08. The summed E-state index contributed by atoms with van der Waals surface area (Å²) in [5.74, 6) is 2.59. The number of benzene rings is 2. The number of H-pyrrole nitrogens is 1. The molecule has 37 heavy (non-hydrogen) atoms. The molecule has 1 aliphatic carbocycles. The number of aromatic nitrogens is 2. The zero-order valence-electron chi connectivity index (χ0n) is 21.6. The van der Waals surface area contributed by atoms with E-state index in [1.165, 1.54) is 10.4 Å². The number of aromatic amines is 1. The van der Waals surface area contributed by atoms with Gasteiger partial charge in [-0.05, 0) is 73.4 Å². The van der Waals surface area contributed by atoms with Gasteiger partial charge in [0.25, 0.3) is 5.56 Å². The molecule has 0 atom stereocenters. The number of ether oxygens (including phenoxy) is 3.